The highest BCUT2D eigenvalue weighted by atomic mass is 16.6. The molecule has 0 aromatic rings. The van der Waals surface area contributed by atoms with Crippen molar-refractivity contribution < 1.29 is 14.3 Å². The molecule has 1 saturated heterocycles. The van der Waals surface area contributed by atoms with E-state index >= 15 is 0 Å². The molecule has 0 aromatic carbocycles. The number of nitrogens with one attached hydrogen (secondary N) is 1. The molecule has 0 radical (unpaired) electrons. The molecule has 1 aliphatic rings. The summed E-state index contributed by atoms with van der Waals surface area (Å²) in [7, 11) is 0. The molecule has 16 heavy (non-hydrogen) atoms. The van der Waals surface area contributed by atoms with Crippen molar-refractivity contribution >= 4 is 5.97 Å². The minimum Gasteiger partial charge on any atom is -0.459 e. The summed E-state index contributed by atoms with van der Waals surface area (Å²) in [6, 6.07) is 0. The van der Waals surface area contributed by atoms with Crippen LogP contribution in [0.5, 0.6) is 0 Å². The molecule has 4 heteroatoms. The van der Waals surface area contributed by atoms with E-state index in [0.29, 0.717) is 13.2 Å². The van der Waals surface area contributed by atoms with Crippen molar-refractivity contribution in [1.29, 1.82) is 0 Å². The highest BCUT2D eigenvalue weighted by Crippen LogP contribution is 2.20. The average molecular weight is 229 g/mol. The van der Waals surface area contributed by atoms with Gasteiger partial charge in [-0.1, -0.05) is 0 Å². The van der Waals surface area contributed by atoms with Crippen molar-refractivity contribution in [2.75, 3.05) is 19.8 Å². The van der Waals surface area contributed by atoms with Crippen molar-refractivity contribution in [3.63, 3.8) is 0 Å². The molecule has 1 N–H and O–H groups in total. The standard InChI is InChI=1S/C12H23NO3/c1-4-15-9-10(2)16-11(14)12(3)7-5-6-8-13-12/h10,13H,4-9H2,1-3H3. The normalized spacial score (nSPS) is 27.4. The Morgan fingerprint density at radius 2 is 2.25 bits per heavy atom. The Balaban J connectivity index is 2.38. The molecule has 2 unspecified atom stereocenters. The van der Waals surface area contributed by atoms with Gasteiger partial charge in [0, 0.05) is 6.61 Å². The van der Waals surface area contributed by atoms with Crippen LogP contribution in [0.2, 0.25) is 0 Å². The van der Waals surface area contributed by atoms with Crippen molar-refractivity contribution in [3.05, 3.63) is 0 Å². The first kappa shape index (κ1) is 13.5. The Bertz CT molecular complexity index is 224. The topological polar surface area (TPSA) is 47.6 Å². The minimum atomic E-state index is -0.501. The number of hydrogen-bond donors (Lipinski definition) is 1. The van der Waals surface area contributed by atoms with Gasteiger partial charge in [0.05, 0.1) is 6.61 Å². The van der Waals surface area contributed by atoms with Crippen molar-refractivity contribution in [1.82, 2.24) is 5.32 Å². The van der Waals surface area contributed by atoms with Gasteiger partial charge in [0.15, 0.2) is 0 Å². The summed E-state index contributed by atoms with van der Waals surface area (Å²) in [5, 5.41) is 3.24. The Morgan fingerprint density at radius 1 is 1.50 bits per heavy atom. The molecule has 1 heterocycles. The van der Waals surface area contributed by atoms with Crippen LogP contribution in [-0.2, 0) is 14.3 Å². The summed E-state index contributed by atoms with van der Waals surface area (Å²) in [4.78, 5) is 12.0. The lowest BCUT2D eigenvalue weighted by Gasteiger charge is -2.33. The smallest absolute Gasteiger partial charge is 0.326 e. The first-order valence-corrected chi connectivity index (χ1v) is 6.12. The third-order valence-corrected chi connectivity index (χ3v) is 2.93. The van der Waals surface area contributed by atoms with Gasteiger partial charge in [0.1, 0.15) is 11.6 Å². The van der Waals surface area contributed by atoms with E-state index in [0.717, 1.165) is 25.8 Å². The van der Waals surface area contributed by atoms with Gasteiger partial charge in [0.25, 0.3) is 0 Å². The zero-order valence-corrected chi connectivity index (χ0v) is 10.5. The van der Waals surface area contributed by atoms with E-state index in [1.807, 2.05) is 20.8 Å². The molecule has 0 bridgehead atoms. The molecule has 1 rings (SSSR count). The maximum Gasteiger partial charge on any atom is 0.326 e. The summed E-state index contributed by atoms with van der Waals surface area (Å²) < 4.78 is 10.6. The second-order valence-electron chi connectivity index (χ2n) is 4.59. The number of ether oxygens (including phenoxy) is 2. The van der Waals surface area contributed by atoms with Gasteiger partial charge in [-0.05, 0) is 46.6 Å². The predicted molar refractivity (Wildman–Crippen MR) is 62.3 cm³/mol. The van der Waals surface area contributed by atoms with E-state index < -0.39 is 5.54 Å². The third kappa shape index (κ3) is 3.76. The van der Waals surface area contributed by atoms with E-state index in [9.17, 15) is 4.79 Å². The van der Waals surface area contributed by atoms with Gasteiger partial charge < -0.3 is 14.8 Å². The molecular weight excluding hydrogens is 206 g/mol. The maximum atomic E-state index is 12.0. The predicted octanol–water partition coefficient (Wildman–Crippen LogP) is 1.49. The molecule has 1 fully saturated rings. The van der Waals surface area contributed by atoms with Gasteiger partial charge >= 0.3 is 5.97 Å². The van der Waals surface area contributed by atoms with E-state index in [2.05, 4.69) is 5.32 Å². The fourth-order valence-electron chi connectivity index (χ4n) is 1.86. The Morgan fingerprint density at radius 3 is 2.81 bits per heavy atom. The minimum absolute atomic E-state index is 0.153. The third-order valence-electron chi connectivity index (χ3n) is 2.93. The van der Waals surface area contributed by atoms with Gasteiger partial charge in [-0.15, -0.1) is 0 Å². The second-order valence-corrected chi connectivity index (χ2v) is 4.59. The van der Waals surface area contributed by atoms with E-state index in [-0.39, 0.29) is 12.1 Å². The molecule has 2 atom stereocenters. The first-order valence-electron chi connectivity index (χ1n) is 6.12. The second kappa shape index (κ2) is 6.21. The average Bonchev–Trinajstić information content (AvgIpc) is 2.27. The Hall–Kier alpha value is -0.610. The molecule has 0 spiro atoms. The SMILES string of the molecule is CCOCC(C)OC(=O)C1(C)CCCCN1. The first-order chi connectivity index (χ1) is 7.58. The summed E-state index contributed by atoms with van der Waals surface area (Å²) >= 11 is 0. The molecule has 0 amide bonds. The number of rotatable bonds is 5. The van der Waals surface area contributed by atoms with Crippen LogP contribution in [0.1, 0.15) is 40.0 Å². The van der Waals surface area contributed by atoms with Crippen molar-refractivity contribution in [2.45, 2.75) is 51.7 Å². The van der Waals surface area contributed by atoms with Gasteiger partial charge in [-0.25, -0.2) is 0 Å². The number of carbonyl (C=O) groups is 1. The van der Waals surface area contributed by atoms with E-state index in [1.165, 1.54) is 0 Å². The Kier molecular flexibility index (Phi) is 5.22. The van der Waals surface area contributed by atoms with Crippen LogP contribution in [-0.4, -0.2) is 37.4 Å². The molecule has 4 nitrogen and oxygen atoms in total. The van der Waals surface area contributed by atoms with Gasteiger partial charge in [0.2, 0.25) is 0 Å². The summed E-state index contributed by atoms with van der Waals surface area (Å²) in [6.07, 6.45) is 2.90. The number of hydrogen-bond acceptors (Lipinski definition) is 4. The molecule has 0 saturated carbocycles. The number of piperidine rings is 1. The molecular formula is C12H23NO3. The summed E-state index contributed by atoms with van der Waals surface area (Å²) in [5.74, 6) is -0.153. The van der Waals surface area contributed by atoms with E-state index in [4.69, 9.17) is 9.47 Å². The van der Waals surface area contributed by atoms with Crippen molar-refractivity contribution in [3.8, 4) is 0 Å². The quantitative estimate of drug-likeness (QED) is 0.726. The number of esters is 1. The van der Waals surface area contributed by atoms with Crippen LogP contribution in [0, 0.1) is 0 Å². The highest BCUT2D eigenvalue weighted by Gasteiger charge is 2.36. The molecule has 0 aromatic heterocycles. The molecule has 94 valence electrons. The van der Waals surface area contributed by atoms with Gasteiger partial charge in [-0.2, -0.15) is 0 Å². The fraction of sp³-hybridized carbons (Fsp3) is 0.917. The lowest BCUT2D eigenvalue weighted by Crippen LogP contribution is -2.53. The lowest BCUT2D eigenvalue weighted by atomic mass is 9.91. The molecule has 1 aliphatic heterocycles. The molecule has 0 aliphatic carbocycles. The van der Waals surface area contributed by atoms with Crippen LogP contribution in [0.25, 0.3) is 0 Å². The van der Waals surface area contributed by atoms with Crippen LogP contribution < -0.4 is 5.32 Å². The van der Waals surface area contributed by atoms with E-state index in [1.54, 1.807) is 0 Å². The monoisotopic (exact) mass is 229 g/mol. The highest BCUT2D eigenvalue weighted by molar-refractivity contribution is 5.80. The zero-order chi connectivity index (χ0) is 12.0. The van der Waals surface area contributed by atoms with Crippen LogP contribution >= 0.6 is 0 Å². The van der Waals surface area contributed by atoms with Gasteiger partial charge in [-0.3, -0.25) is 4.79 Å². The Labute approximate surface area is 97.7 Å². The van der Waals surface area contributed by atoms with Crippen LogP contribution in [0.15, 0.2) is 0 Å². The number of carbonyl (C=O) groups excluding carboxylic acids is 1. The maximum absolute atomic E-state index is 12.0. The lowest BCUT2D eigenvalue weighted by molar-refractivity contribution is -0.159. The zero-order valence-electron chi connectivity index (χ0n) is 10.5. The summed E-state index contributed by atoms with van der Waals surface area (Å²) in [6.45, 7) is 7.72. The van der Waals surface area contributed by atoms with Crippen molar-refractivity contribution in [2.24, 2.45) is 0 Å². The fourth-order valence-corrected chi connectivity index (χ4v) is 1.86. The largest absolute Gasteiger partial charge is 0.459 e. The summed E-state index contributed by atoms with van der Waals surface area (Å²) in [5.41, 5.74) is -0.501. The van der Waals surface area contributed by atoms with Crippen LogP contribution in [0.3, 0.4) is 0 Å². The van der Waals surface area contributed by atoms with Crippen LogP contribution in [0.4, 0.5) is 0 Å².